The van der Waals surface area contributed by atoms with Gasteiger partial charge in [-0.15, -0.1) is 0 Å². The topological polar surface area (TPSA) is 49.8 Å². The monoisotopic (exact) mass is 246 g/mol. The van der Waals surface area contributed by atoms with Crippen molar-refractivity contribution in [1.82, 2.24) is 9.97 Å². The summed E-state index contributed by atoms with van der Waals surface area (Å²) >= 11 is 0. The molecule has 0 amide bonds. The summed E-state index contributed by atoms with van der Waals surface area (Å²) in [4.78, 5) is 8.75. The molecule has 18 heavy (non-hydrogen) atoms. The van der Waals surface area contributed by atoms with Gasteiger partial charge in [0, 0.05) is 19.7 Å². The van der Waals surface area contributed by atoms with Crippen molar-refractivity contribution in [2.45, 2.75) is 32.6 Å². The van der Waals surface area contributed by atoms with E-state index < -0.39 is 0 Å². The van der Waals surface area contributed by atoms with E-state index in [0.29, 0.717) is 0 Å². The first kappa shape index (κ1) is 11.8. The predicted molar refractivity (Wildman–Crippen MR) is 73.7 cm³/mol. The van der Waals surface area contributed by atoms with Crippen LogP contribution in [0.4, 0.5) is 11.6 Å². The van der Waals surface area contributed by atoms with E-state index in [1.807, 2.05) is 20.0 Å². The van der Waals surface area contributed by atoms with E-state index in [-0.39, 0.29) is 0 Å². The van der Waals surface area contributed by atoms with Crippen LogP contribution in [0, 0.1) is 24.7 Å². The number of hydrogen-bond acceptors (Lipinski definition) is 4. The van der Waals surface area contributed by atoms with Gasteiger partial charge in [-0.1, -0.05) is 6.42 Å². The molecule has 1 aromatic rings. The maximum atomic E-state index is 4.44. The van der Waals surface area contributed by atoms with Crippen molar-refractivity contribution in [3.63, 3.8) is 0 Å². The molecular formula is C14H22N4. The van der Waals surface area contributed by atoms with Crippen molar-refractivity contribution < 1.29 is 0 Å². The van der Waals surface area contributed by atoms with E-state index in [4.69, 9.17) is 0 Å². The second-order valence-corrected chi connectivity index (χ2v) is 5.75. The van der Waals surface area contributed by atoms with E-state index in [0.717, 1.165) is 41.8 Å². The number of hydrogen-bond donors (Lipinski definition) is 2. The van der Waals surface area contributed by atoms with Crippen molar-refractivity contribution in [3.05, 3.63) is 11.9 Å². The van der Waals surface area contributed by atoms with Crippen LogP contribution >= 0.6 is 0 Å². The SMILES string of the molecule is CNc1cc(NCC2CC3CCC2C3)nc(C)n1. The number of nitrogens with one attached hydrogen (secondary N) is 2. The predicted octanol–water partition coefficient (Wildman–Crippen LogP) is 2.67. The van der Waals surface area contributed by atoms with Gasteiger partial charge in [-0.3, -0.25) is 0 Å². The molecular weight excluding hydrogens is 224 g/mol. The fourth-order valence-electron chi connectivity index (χ4n) is 3.65. The molecule has 2 saturated carbocycles. The molecule has 3 unspecified atom stereocenters. The van der Waals surface area contributed by atoms with Gasteiger partial charge in [0.25, 0.3) is 0 Å². The Bertz CT molecular complexity index is 432. The Labute approximate surface area is 109 Å². The van der Waals surface area contributed by atoms with Crippen LogP contribution < -0.4 is 10.6 Å². The number of anilines is 2. The third-order valence-corrected chi connectivity index (χ3v) is 4.52. The van der Waals surface area contributed by atoms with E-state index in [2.05, 4.69) is 20.6 Å². The van der Waals surface area contributed by atoms with Crippen molar-refractivity contribution in [2.75, 3.05) is 24.2 Å². The van der Waals surface area contributed by atoms with Gasteiger partial charge in [0.05, 0.1) is 0 Å². The van der Waals surface area contributed by atoms with Gasteiger partial charge in [-0.05, 0) is 43.9 Å². The Balaban J connectivity index is 1.61. The average Bonchev–Trinajstić information content (AvgIpc) is 2.97. The molecule has 2 fully saturated rings. The Hall–Kier alpha value is -1.32. The van der Waals surface area contributed by atoms with Gasteiger partial charge in [0.15, 0.2) is 0 Å². The number of rotatable bonds is 4. The first-order chi connectivity index (χ1) is 8.74. The van der Waals surface area contributed by atoms with Crippen LogP contribution in [0.25, 0.3) is 0 Å². The highest BCUT2D eigenvalue weighted by molar-refractivity contribution is 5.47. The molecule has 1 heterocycles. The molecule has 2 N–H and O–H groups in total. The van der Waals surface area contributed by atoms with Crippen LogP contribution in [0.1, 0.15) is 31.5 Å². The maximum absolute atomic E-state index is 4.44. The lowest BCUT2D eigenvalue weighted by Crippen LogP contribution is -2.20. The number of aryl methyl sites for hydroxylation is 1. The second kappa shape index (κ2) is 4.75. The lowest BCUT2D eigenvalue weighted by molar-refractivity contribution is 0.348. The van der Waals surface area contributed by atoms with E-state index >= 15 is 0 Å². The van der Waals surface area contributed by atoms with Crippen LogP contribution in [-0.2, 0) is 0 Å². The minimum atomic E-state index is 0.817. The molecule has 98 valence electrons. The van der Waals surface area contributed by atoms with Crippen LogP contribution in [0.5, 0.6) is 0 Å². The summed E-state index contributed by atoms with van der Waals surface area (Å²) in [6.07, 6.45) is 5.80. The largest absolute Gasteiger partial charge is 0.373 e. The van der Waals surface area contributed by atoms with Gasteiger partial charge < -0.3 is 10.6 Å². The Morgan fingerprint density at radius 1 is 1.22 bits per heavy atom. The summed E-state index contributed by atoms with van der Waals surface area (Å²) in [5.41, 5.74) is 0. The summed E-state index contributed by atoms with van der Waals surface area (Å²) in [5, 5.41) is 6.57. The van der Waals surface area contributed by atoms with E-state index in [9.17, 15) is 0 Å². The summed E-state index contributed by atoms with van der Waals surface area (Å²) in [7, 11) is 1.89. The van der Waals surface area contributed by atoms with Gasteiger partial charge in [-0.25, -0.2) is 9.97 Å². The highest BCUT2D eigenvalue weighted by Crippen LogP contribution is 2.48. The van der Waals surface area contributed by atoms with Gasteiger partial charge in [-0.2, -0.15) is 0 Å². The molecule has 2 aliphatic carbocycles. The zero-order valence-corrected chi connectivity index (χ0v) is 11.2. The zero-order valence-electron chi connectivity index (χ0n) is 11.2. The molecule has 0 aromatic carbocycles. The molecule has 4 heteroatoms. The molecule has 0 radical (unpaired) electrons. The smallest absolute Gasteiger partial charge is 0.131 e. The Morgan fingerprint density at radius 2 is 2.06 bits per heavy atom. The van der Waals surface area contributed by atoms with Gasteiger partial charge in [0.1, 0.15) is 17.5 Å². The number of fused-ring (bicyclic) bond motifs is 2. The van der Waals surface area contributed by atoms with Crippen molar-refractivity contribution in [2.24, 2.45) is 17.8 Å². The summed E-state index contributed by atoms with van der Waals surface area (Å²) in [5.74, 6) is 5.50. The van der Waals surface area contributed by atoms with Crippen molar-refractivity contribution >= 4 is 11.6 Å². The molecule has 3 atom stereocenters. The molecule has 0 saturated heterocycles. The highest BCUT2D eigenvalue weighted by Gasteiger charge is 2.39. The quantitative estimate of drug-likeness (QED) is 0.857. The standard InChI is InChI=1S/C14H22N4/c1-9-17-13(15-2)7-14(18-9)16-8-12-6-10-3-4-11(12)5-10/h7,10-12H,3-6,8H2,1-2H3,(H2,15,16,17,18). The Morgan fingerprint density at radius 3 is 2.72 bits per heavy atom. The fourth-order valence-corrected chi connectivity index (χ4v) is 3.65. The first-order valence-corrected chi connectivity index (χ1v) is 7.02. The molecule has 2 aliphatic rings. The summed E-state index contributed by atoms with van der Waals surface area (Å²) in [6, 6.07) is 1.99. The van der Waals surface area contributed by atoms with Crippen molar-refractivity contribution in [1.29, 1.82) is 0 Å². The molecule has 2 bridgehead atoms. The zero-order chi connectivity index (χ0) is 12.5. The van der Waals surface area contributed by atoms with E-state index in [1.165, 1.54) is 25.7 Å². The van der Waals surface area contributed by atoms with Crippen LogP contribution in [0.2, 0.25) is 0 Å². The first-order valence-electron chi connectivity index (χ1n) is 7.02. The van der Waals surface area contributed by atoms with Crippen LogP contribution in [-0.4, -0.2) is 23.6 Å². The lowest BCUT2D eigenvalue weighted by atomic mass is 9.89. The third kappa shape index (κ3) is 2.28. The molecule has 0 spiro atoms. The van der Waals surface area contributed by atoms with E-state index in [1.54, 1.807) is 0 Å². The molecule has 0 aliphatic heterocycles. The maximum Gasteiger partial charge on any atom is 0.131 e. The van der Waals surface area contributed by atoms with Crippen LogP contribution in [0.15, 0.2) is 6.07 Å². The second-order valence-electron chi connectivity index (χ2n) is 5.75. The minimum Gasteiger partial charge on any atom is -0.373 e. The molecule has 1 aromatic heterocycles. The van der Waals surface area contributed by atoms with Crippen molar-refractivity contribution in [3.8, 4) is 0 Å². The lowest BCUT2D eigenvalue weighted by Gasteiger charge is -2.22. The Kier molecular flexibility index (Phi) is 3.10. The number of nitrogens with zero attached hydrogens (tertiary/aromatic N) is 2. The highest BCUT2D eigenvalue weighted by atomic mass is 15.1. The molecule has 4 nitrogen and oxygen atoms in total. The third-order valence-electron chi connectivity index (χ3n) is 4.52. The molecule has 3 rings (SSSR count). The van der Waals surface area contributed by atoms with Gasteiger partial charge in [0.2, 0.25) is 0 Å². The minimum absolute atomic E-state index is 0.817. The number of aromatic nitrogens is 2. The summed E-state index contributed by atoms with van der Waals surface area (Å²) in [6.45, 7) is 3.00. The van der Waals surface area contributed by atoms with Crippen LogP contribution in [0.3, 0.4) is 0 Å². The summed E-state index contributed by atoms with van der Waals surface area (Å²) < 4.78 is 0. The fraction of sp³-hybridized carbons (Fsp3) is 0.714. The normalized spacial score (nSPS) is 29.6. The average molecular weight is 246 g/mol. The van der Waals surface area contributed by atoms with Gasteiger partial charge >= 0.3 is 0 Å².